The largest absolute Gasteiger partial charge is 0.340 e. The summed E-state index contributed by atoms with van der Waals surface area (Å²) in [5, 5.41) is 2.90. The highest BCUT2D eigenvalue weighted by atomic mass is 32.2. The Kier molecular flexibility index (Phi) is 4.95. The van der Waals surface area contributed by atoms with Crippen LogP contribution in [-0.2, 0) is 9.84 Å². The number of carbonyl (C=O) groups is 1. The van der Waals surface area contributed by atoms with E-state index < -0.39 is 9.84 Å². The van der Waals surface area contributed by atoms with Gasteiger partial charge in [-0.1, -0.05) is 18.2 Å². The van der Waals surface area contributed by atoms with Crippen LogP contribution in [0.1, 0.15) is 28.0 Å². The molecule has 0 saturated carbocycles. The van der Waals surface area contributed by atoms with Gasteiger partial charge in [0, 0.05) is 25.0 Å². The number of anilines is 2. The molecule has 0 bridgehead atoms. The Bertz CT molecular complexity index is 923. The van der Waals surface area contributed by atoms with E-state index in [1.807, 2.05) is 32.0 Å². The second kappa shape index (κ2) is 7.03. The van der Waals surface area contributed by atoms with Crippen molar-refractivity contribution in [3.8, 4) is 0 Å². The zero-order chi connectivity index (χ0) is 18.9. The number of para-hydroxylation sites is 1. The van der Waals surface area contributed by atoms with E-state index in [-0.39, 0.29) is 29.1 Å². The van der Waals surface area contributed by atoms with Crippen LogP contribution in [-0.4, -0.2) is 48.9 Å². The fraction of sp³-hybridized carbons (Fsp3) is 0.389. The van der Waals surface area contributed by atoms with Gasteiger partial charge in [0.15, 0.2) is 9.84 Å². The number of aryl methyl sites for hydroxylation is 2. The van der Waals surface area contributed by atoms with Crippen molar-refractivity contribution in [3.05, 3.63) is 47.3 Å². The van der Waals surface area contributed by atoms with Crippen LogP contribution in [0.4, 0.5) is 11.6 Å². The van der Waals surface area contributed by atoms with Gasteiger partial charge in [-0.25, -0.2) is 18.4 Å². The molecule has 2 heterocycles. The van der Waals surface area contributed by atoms with Crippen LogP contribution < -0.4 is 10.2 Å². The predicted molar refractivity (Wildman–Crippen MR) is 101 cm³/mol. The Morgan fingerprint density at radius 3 is 2.54 bits per heavy atom. The van der Waals surface area contributed by atoms with Crippen LogP contribution in [0, 0.1) is 13.8 Å². The second-order valence-corrected chi connectivity index (χ2v) is 8.86. The molecule has 1 N–H and O–H groups in total. The monoisotopic (exact) mass is 374 g/mol. The van der Waals surface area contributed by atoms with Gasteiger partial charge in [0.05, 0.1) is 11.5 Å². The van der Waals surface area contributed by atoms with Crippen molar-refractivity contribution in [1.82, 2.24) is 9.97 Å². The summed E-state index contributed by atoms with van der Waals surface area (Å²) in [6.07, 6.45) is 2.06. The molecule has 3 rings (SSSR count). The van der Waals surface area contributed by atoms with E-state index in [0.717, 1.165) is 16.8 Å². The Labute approximate surface area is 153 Å². The third-order valence-corrected chi connectivity index (χ3v) is 6.42. The standard InChI is InChI=1S/C18H22N4O3S/c1-12-5-4-6-13(2)16(12)21-17(23)15-7-9-19-18(20-15)22(3)14-8-10-26(24,25)11-14/h4-7,9,14H,8,10-11H2,1-3H3,(H,21,23). The zero-order valence-corrected chi connectivity index (χ0v) is 15.9. The minimum Gasteiger partial charge on any atom is -0.340 e. The van der Waals surface area contributed by atoms with Gasteiger partial charge in [0.1, 0.15) is 5.69 Å². The summed E-state index contributed by atoms with van der Waals surface area (Å²) in [7, 11) is -1.24. The van der Waals surface area contributed by atoms with Crippen molar-refractivity contribution < 1.29 is 13.2 Å². The Morgan fingerprint density at radius 1 is 1.23 bits per heavy atom. The molecule has 0 spiro atoms. The minimum atomic E-state index is -3.00. The molecule has 8 heteroatoms. The van der Waals surface area contributed by atoms with E-state index in [2.05, 4.69) is 15.3 Å². The van der Waals surface area contributed by atoms with Gasteiger partial charge < -0.3 is 10.2 Å². The number of sulfone groups is 1. The lowest BCUT2D eigenvalue weighted by Gasteiger charge is -2.23. The number of rotatable bonds is 4. The molecule has 7 nitrogen and oxygen atoms in total. The van der Waals surface area contributed by atoms with Gasteiger partial charge in [-0.05, 0) is 37.5 Å². The average molecular weight is 374 g/mol. The zero-order valence-electron chi connectivity index (χ0n) is 15.1. The molecule has 1 aliphatic heterocycles. The number of hydrogen-bond donors (Lipinski definition) is 1. The summed E-state index contributed by atoms with van der Waals surface area (Å²) >= 11 is 0. The Hall–Kier alpha value is -2.48. The summed E-state index contributed by atoms with van der Waals surface area (Å²) in [6.45, 7) is 3.87. The topological polar surface area (TPSA) is 92.3 Å². The van der Waals surface area contributed by atoms with Crippen molar-refractivity contribution >= 4 is 27.4 Å². The van der Waals surface area contributed by atoms with Gasteiger partial charge >= 0.3 is 0 Å². The fourth-order valence-corrected chi connectivity index (χ4v) is 4.85. The predicted octanol–water partition coefficient (Wildman–Crippen LogP) is 1.97. The first-order valence-corrected chi connectivity index (χ1v) is 10.2. The van der Waals surface area contributed by atoms with E-state index in [4.69, 9.17) is 0 Å². The lowest BCUT2D eigenvalue weighted by molar-refractivity contribution is 0.102. The normalized spacial score (nSPS) is 18.5. The highest BCUT2D eigenvalue weighted by Gasteiger charge is 2.32. The number of nitrogens with one attached hydrogen (secondary N) is 1. The number of benzene rings is 1. The first-order chi connectivity index (χ1) is 12.3. The van der Waals surface area contributed by atoms with Crippen molar-refractivity contribution in [2.24, 2.45) is 0 Å². The van der Waals surface area contributed by atoms with Gasteiger partial charge in [-0.2, -0.15) is 0 Å². The van der Waals surface area contributed by atoms with E-state index in [1.165, 1.54) is 6.20 Å². The molecule has 1 aromatic heterocycles. The molecule has 1 atom stereocenters. The Morgan fingerprint density at radius 2 is 1.92 bits per heavy atom. The highest BCUT2D eigenvalue weighted by Crippen LogP contribution is 2.22. The molecule has 1 aliphatic rings. The maximum absolute atomic E-state index is 12.6. The summed E-state index contributed by atoms with van der Waals surface area (Å²) in [6, 6.07) is 7.18. The molecule has 0 radical (unpaired) electrons. The molecule has 1 unspecified atom stereocenters. The summed E-state index contributed by atoms with van der Waals surface area (Å²) in [5.74, 6) is 0.292. The molecular weight excluding hydrogens is 352 g/mol. The summed E-state index contributed by atoms with van der Waals surface area (Å²) < 4.78 is 23.4. The molecule has 1 saturated heterocycles. The van der Waals surface area contributed by atoms with Crippen LogP contribution in [0.25, 0.3) is 0 Å². The van der Waals surface area contributed by atoms with Gasteiger partial charge in [-0.3, -0.25) is 4.79 Å². The van der Waals surface area contributed by atoms with E-state index in [0.29, 0.717) is 12.4 Å². The number of aromatic nitrogens is 2. The Balaban J connectivity index is 1.80. The minimum absolute atomic E-state index is 0.0890. The molecule has 1 fully saturated rings. The van der Waals surface area contributed by atoms with Crippen LogP contribution >= 0.6 is 0 Å². The molecule has 2 aromatic rings. The number of carbonyl (C=O) groups excluding carboxylic acids is 1. The summed E-state index contributed by atoms with van der Waals surface area (Å²) in [4.78, 5) is 22.9. The van der Waals surface area contributed by atoms with Crippen molar-refractivity contribution in [2.75, 3.05) is 28.8 Å². The van der Waals surface area contributed by atoms with Crippen LogP contribution in [0.15, 0.2) is 30.5 Å². The molecular formula is C18H22N4O3S. The lowest BCUT2D eigenvalue weighted by atomic mass is 10.1. The molecule has 138 valence electrons. The molecule has 0 aliphatic carbocycles. The van der Waals surface area contributed by atoms with E-state index >= 15 is 0 Å². The maximum Gasteiger partial charge on any atom is 0.274 e. The van der Waals surface area contributed by atoms with E-state index in [9.17, 15) is 13.2 Å². The third-order valence-electron chi connectivity index (χ3n) is 4.67. The average Bonchev–Trinajstić information content (AvgIpc) is 2.97. The van der Waals surface area contributed by atoms with Crippen LogP contribution in [0.2, 0.25) is 0 Å². The number of nitrogens with zero attached hydrogens (tertiary/aromatic N) is 3. The number of hydrogen-bond acceptors (Lipinski definition) is 6. The highest BCUT2D eigenvalue weighted by molar-refractivity contribution is 7.91. The first kappa shape index (κ1) is 18.3. The number of amides is 1. The quantitative estimate of drug-likeness (QED) is 0.880. The maximum atomic E-state index is 12.6. The van der Waals surface area contributed by atoms with Crippen LogP contribution in [0.3, 0.4) is 0 Å². The third kappa shape index (κ3) is 3.85. The van der Waals surface area contributed by atoms with Gasteiger partial charge in [-0.15, -0.1) is 0 Å². The lowest BCUT2D eigenvalue weighted by Crippen LogP contribution is -2.34. The fourth-order valence-electron chi connectivity index (χ4n) is 3.08. The smallest absolute Gasteiger partial charge is 0.274 e. The van der Waals surface area contributed by atoms with Crippen molar-refractivity contribution in [1.29, 1.82) is 0 Å². The first-order valence-electron chi connectivity index (χ1n) is 8.41. The second-order valence-electron chi connectivity index (χ2n) is 6.63. The van der Waals surface area contributed by atoms with Crippen LogP contribution in [0.5, 0.6) is 0 Å². The van der Waals surface area contributed by atoms with Gasteiger partial charge in [0.2, 0.25) is 5.95 Å². The van der Waals surface area contributed by atoms with Gasteiger partial charge in [0.25, 0.3) is 5.91 Å². The summed E-state index contributed by atoms with van der Waals surface area (Å²) in [5.41, 5.74) is 2.96. The molecule has 1 aromatic carbocycles. The van der Waals surface area contributed by atoms with Crippen molar-refractivity contribution in [3.63, 3.8) is 0 Å². The van der Waals surface area contributed by atoms with Crippen molar-refractivity contribution in [2.45, 2.75) is 26.3 Å². The SMILES string of the molecule is Cc1cccc(C)c1NC(=O)c1ccnc(N(C)C2CCS(=O)(=O)C2)n1. The molecule has 26 heavy (non-hydrogen) atoms. The molecule has 1 amide bonds. The van der Waals surface area contributed by atoms with E-state index in [1.54, 1.807) is 18.0 Å².